The Morgan fingerprint density at radius 1 is 0.964 bits per heavy atom. The zero-order chi connectivity index (χ0) is 20.1. The van der Waals surface area contributed by atoms with Crippen LogP contribution >= 0.6 is 0 Å². The predicted octanol–water partition coefficient (Wildman–Crippen LogP) is 4.14. The Morgan fingerprint density at radius 3 is 2.21 bits per heavy atom. The van der Waals surface area contributed by atoms with Crippen molar-refractivity contribution in [2.45, 2.75) is 38.0 Å². The van der Waals surface area contributed by atoms with E-state index in [-0.39, 0.29) is 0 Å². The van der Waals surface area contributed by atoms with Crippen LogP contribution in [0, 0.1) is 0 Å². The fourth-order valence-corrected chi connectivity index (χ4v) is 4.63. The summed E-state index contributed by atoms with van der Waals surface area (Å²) in [4.78, 5) is 4.96. The molecule has 0 saturated carbocycles. The predicted molar refractivity (Wildman–Crippen MR) is 117 cm³/mol. The molecule has 6 heteroatoms. The SMILES string of the molecule is CC[C@H](C)c1ccc(S(=O)(=O)Nc2ccccc2N2CCN(CC)CC2)cc1. The summed E-state index contributed by atoms with van der Waals surface area (Å²) in [6.07, 6.45) is 1.03. The molecule has 0 aromatic heterocycles. The molecular weight excluding hydrogens is 370 g/mol. The number of para-hydroxylation sites is 2. The van der Waals surface area contributed by atoms with E-state index < -0.39 is 10.0 Å². The maximum absolute atomic E-state index is 12.9. The van der Waals surface area contributed by atoms with Crippen molar-refractivity contribution in [1.82, 2.24) is 4.90 Å². The van der Waals surface area contributed by atoms with Gasteiger partial charge in [-0.25, -0.2) is 8.42 Å². The van der Waals surface area contributed by atoms with Crippen molar-refractivity contribution in [2.24, 2.45) is 0 Å². The van der Waals surface area contributed by atoms with Crippen molar-refractivity contribution in [3.8, 4) is 0 Å². The first kappa shape index (κ1) is 20.7. The van der Waals surface area contributed by atoms with Crippen LogP contribution in [0.25, 0.3) is 0 Å². The molecule has 1 aliphatic rings. The van der Waals surface area contributed by atoms with Crippen molar-refractivity contribution < 1.29 is 8.42 Å². The van der Waals surface area contributed by atoms with E-state index in [2.05, 4.69) is 35.3 Å². The van der Waals surface area contributed by atoms with Crippen LogP contribution in [-0.4, -0.2) is 46.0 Å². The normalized spacial score (nSPS) is 16.8. The third kappa shape index (κ3) is 4.67. The Labute approximate surface area is 169 Å². The van der Waals surface area contributed by atoms with Gasteiger partial charge in [0.15, 0.2) is 0 Å². The molecule has 3 rings (SSSR count). The fourth-order valence-electron chi connectivity index (χ4n) is 3.56. The Morgan fingerprint density at radius 2 is 1.61 bits per heavy atom. The molecule has 2 aromatic carbocycles. The topological polar surface area (TPSA) is 52.7 Å². The lowest BCUT2D eigenvalue weighted by Gasteiger charge is -2.36. The van der Waals surface area contributed by atoms with E-state index in [4.69, 9.17) is 0 Å². The number of nitrogens with one attached hydrogen (secondary N) is 1. The first-order chi connectivity index (χ1) is 13.4. The highest BCUT2D eigenvalue weighted by molar-refractivity contribution is 7.92. The highest BCUT2D eigenvalue weighted by atomic mass is 32.2. The summed E-state index contributed by atoms with van der Waals surface area (Å²) in [5.41, 5.74) is 2.74. The van der Waals surface area contributed by atoms with Gasteiger partial charge in [-0.15, -0.1) is 0 Å². The average molecular weight is 402 g/mol. The Kier molecular flexibility index (Phi) is 6.62. The van der Waals surface area contributed by atoms with Crippen molar-refractivity contribution in [3.05, 3.63) is 54.1 Å². The molecule has 1 saturated heterocycles. The quantitative estimate of drug-likeness (QED) is 0.757. The second kappa shape index (κ2) is 8.97. The van der Waals surface area contributed by atoms with Gasteiger partial charge in [-0.2, -0.15) is 0 Å². The van der Waals surface area contributed by atoms with Gasteiger partial charge in [0.2, 0.25) is 0 Å². The van der Waals surface area contributed by atoms with Gasteiger partial charge in [-0.05, 0) is 48.7 Å². The maximum atomic E-state index is 12.9. The van der Waals surface area contributed by atoms with Crippen LogP contribution in [0.3, 0.4) is 0 Å². The van der Waals surface area contributed by atoms with Gasteiger partial charge >= 0.3 is 0 Å². The molecule has 152 valence electrons. The molecule has 28 heavy (non-hydrogen) atoms. The largest absolute Gasteiger partial charge is 0.367 e. The lowest BCUT2D eigenvalue weighted by atomic mass is 9.99. The molecule has 2 aromatic rings. The van der Waals surface area contributed by atoms with Gasteiger partial charge in [0.1, 0.15) is 0 Å². The number of sulfonamides is 1. The summed E-state index contributed by atoms with van der Waals surface area (Å²) < 4.78 is 28.7. The number of hydrogen-bond donors (Lipinski definition) is 1. The third-order valence-corrected chi connectivity index (χ3v) is 7.06. The molecular formula is C22H31N3O2S. The van der Waals surface area contributed by atoms with Crippen LogP contribution in [0.5, 0.6) is 0 Å². The number of hydrogen-bond acceptors (Lipinski definition) is 4. The van der Waals surface area contributed by atoms with E-state index in [0.29, 0.717) is 16.5 Å². The molecule has 0 radical (unpaired) electrons. The smallest absolute Gasteiger partial charge is 0.261 e. The third-order valence-electron chi connectivity index (χ3n) is 5.68. The van der Waals surface area contributed by atoms with Crippen LogP contribution in [-0.2, 0) is 10.0 Å². The van der Waals surface area contributed by atoms with Gasteiger partial charge in [-0.1, -0.05) is 45.0 Å². The van der Waals surface area contributed by atoms with Crippen molar-refractivity contribution in [2.75, 3.05) is 42.3 Å². The van der Waals surface area contributed by atoms with Crippen molar-refractivity contribution >= 4 is 21.4 Å². The molecule has 0 bridgehead atoms. The van der Waals surface area contributed by atoms with Gasteiger partial charge < -0.3 is 9.80 Å². The minimum atomic E-state index is -3.63. The molecule has 1 atom stereocenters. The second-order valence-corrected chi connectivity index (χ2v) is 9.10. The molecule has 5 nitrogen and oxygen atoms in total. The fraction of sp³-hybridized carbons (Fsp3) is 0.455. The minimum Gasteiger partial charge on any atom is -0.367 e. The van der Waals surface area contributed by atoms with Crippen molar-refractivity contribution in [1.29, 1.82) is 0 Å². The first-order valence-electron chi connectivity index (χ1n) is 10.1. The van der Waals surface area contributed by atoms with E-state index in [0.717, 1.165) is 50.4 Å². The molecule has 0 amide bonds. The van der Waals surface area contributed by atoms with Gasteiger partial charge in [-0.3, -0.25) is 4.72 Å². The highest BCUT2D eigenvalue weighted by Gasteiger charge is 2.21. The number of piperazine rings is 1. The summed E-state index contributed by atoms with van der Waals surface area (Å²) in [5, 5.41) is 0. The van der Waals surface area contributed by atoms with E-state index >= 15 is 0 Å². The molecule has 1 fully saturated rings. The minimum absolute atomic E-state index is 0.296. The molecule has 0 aliphatic carbocycles. The summed E-state index contributed by atoms with van der Waals surface area (Å²) in [5.74, 6) is 0.423. The van der Waals surface area contributed by atoms with Gasteiger partial charge in [0.05, 0.1) is 16.3 Å². The number of nitrogens with zero attached hydrogens (tertiary/aromatic N) is 2. The Balaban J connectivity index is 1.79. The first-order valence-corrected chi connectivity index (χ1v) is 11.6. The highest BCUT2D eigenvalue weighted by Crippen LogP contribution is 2.29. The summed E-state index contributed by atoms with van der Waals surface area (Å²) in [6.45, 7) is 11.3. The number of benzene rings is 2. The van der Waals surface area contributed by atoms with E-state index in [9.17, 15) is 8.42 Å². The van der Waals surface area contributed by atoms with Crippen LogP contribution < -0.4 is 9.62 Å². The Bertz CT molecular complexity index is 873. The standard InChI is InChI=1S/C22H31N3O2S/c1-4-18(3)19-10-12-20(13-11-19)28(26,27)23-21-8-6-7-9-22(21)25-16-14-24(5-2)15-17-25/h6-13,18,23H,4-5,14-17H2,1-3H3/t18-/m0/s1. The summed E-state index contributed by atoms with van der Waals surface area (Å²) in [7, 11) is -3.63. The molecule has 1 aliphatic heterocycles. The number of likely N-dealkylation sites (N-methyl/N-ethyl adjacent to an activating group) is 1. The lowest BCUT2D eigenvalue weighted by molar-refractivity contribution is 0.271. The van der Waals surface area contributed by atoms with Crippen LogP contribution in [0.1, 0.15) is 38.7 Å². The van der Waals surface area contributed by atoms with Gasteiger partial charge in [0.25, 0.3) is 10.0 Å². The molecule has 0 spiro atoms. The Hall–Kier alpha value is -2.05. The second-order valence-electron chi connectivity index (χ2n) is 7.42. The molecule has 1 heterocycles. The summed E-state index contributed by atoms with van der Waals surface area (Å²) >= 11 is 0. The summed E-state index contributed by atoms with van der Waals surface area (Å²) in [6, 6.07) is 14.9. The zero-order valence-corrected chi connectivity index (χ0v) is 17.9. The van der Waals surface area contributed by atoms with E-state index in [1.165, 1.54) is 0 Å². The number of rotatable bonds is 7. The molecule has 0 unspecified atom stereocenters. The maximum Gasteiger partial charge on any atom is 0.261 e. The van der Waals surface area contributed by atoms with Crippen LogP contribution in [0.15, 0.2) is 53.4 Å². The average Bonchev–Trinajstić information content (AvgIpc) is 2.73. The molecule has 1 N–H and O–H groups in total. The van der Waals surface area contributed by atoms with Crippen LogP contribution in [0.4, 0.5) is 11.4 Å². The van der Waals surface area contributed by atoms with Crippen LogP contribution in [0.2, 0.25) is 0 Å². The van der Waals surface area contributed by atoms with E-state index in [1.54, 1.807) is 12.1 Å². The van der Waals surface area contributed by atoms with Crippen molar-refractivity contribution in [3.63, 3.8) is 0 Å². The lowest BCUT2D eigenvalue weighted by Crippen LogP contribution is -2.46. The van der Waals surface area contributed by atoms with Gasteiger partial charge in [0, 0.05) is 26.2 Å². The zero-order valence-electron chi connectivity index (χ0n) is 17.1. The number of anilines is 2. The monoisotopic (exact) mass is 401 g/mol. The van der Waals surface area contributed by atoms with E-state index in [1.807, 2.05) is 36.4 Å².